The van der Waals surface area contributed by atoms with Gasteiger partial charge in [0.25, 0.3) is 0 Å². The molecule has 0 spiro atoms. The number of benzene rings is 2. The fourth-order valence-corrected chi connectivity index (χ4v) is 3.28. The van der Waals surface area contributed by atoms with E-state index in [0.29, 0.717) is 12.3 Å². The van der Waals surface area contributed by atoms with Gasteiger partial charge in [0.05, 0.1) is 24.1 Å². The van der Waals surface area contributed by atoms with Gasteiger partial charge in [-0.3, -0.25) is 9.69 Å². The number of para-hydroxylation sites is 1. The third-order valence-electron chi connectivity index (χ3n) is 3.81. The monoisotopic (exact) mass is 353 g/mol. The minimum absolute atomic E-state index is 0.0581. The predicted octanol–water partition coefficient (Wildman–Crippen LogP) is 3.99. The van der Waals surface area contributed by atoms with Crippen molar-refractivity contribution >= 4 is 23.4 Å². The highest BCUT2D eigenvalue weighted by molar-refractivity contribution is 7.99. The number of hydrogen-bond donors (Lipinski definition) is 1. The molecule has 0 unspecified atom stereocenters. The zero-order valence-corrected chi connectivity index (χ0v) is 15.7. The molecule has 0 fully saturated rings. The number of rotatable bonds is 7. The Bertz CT molecular complexity index is 783. The molecule has 4 nitrogen and oxygen atoms in total. The van der Waals surface area contributed by atoms with Crippen LogP contribution in [0.3, 0.4) is 0 Å². The van der Waals surface area contributed by atoms with Gasteiger partial charge in [0.15, 0.2) is 0 Å². The van der Waals surface area contributed by atoms with Crippen LogP contribution in [0.15, 0.2) is 47.4 Å². The number of likely N-dealkylation sites (N-methyl/N-ethyl adjacent to an activating group) is 1. The normalized spacial score (nSPS) is 10.5. The summed E-state index contributed by atoms with van der Waals surface area (Å²) < 4.78 is 0. The van der Waals surface area contributed by atoms with Crippen LogP contribution in [0.5, 0.6) is 0 Å². The number of thioether (sulfide) groups is 1. The zero-order chi connectivity index (χ0) is 18.2. The molecule has 0 aliphatic heterocycles. The number of nitrogens with zero attached hydrogens (tertiary/aromatic N) is 2. The molecule has 0 atom stereocenters. The van der Waals surface area contributed by atoms with Crippen LogP contribution in [0.25, 0.3) is 0 Å². The summed E-state index contributed by atoms with van der Waals surface area (Å²) >= 11 is 1.42. The molecule has 0 bridgehead atoms. The summed E-state index contributed by atoms with van der Waals surface area (Å²) in [5, 5.41) is 11.7. The average molecular weight is 353 g/mol. The molecule has 2 aromatic rings. The number of aryl methyl sites for hydroxylation is 2. The maximum atomic E-state index is 12.4. The fraction of sp³-hybridized carbons (Fsp3) is 0.300. The summed E-state index contributed by atoms with van der Waals surface area (Å²) in [5.41, 5.74) is 4.47. The number of carbonyl (C=O) groups is 1. The van der Waals surface area contributed by atoms with Gasteiger partial charge in [-0.1, -0.05) is 35.9 Å². The van der Waals surface area contributed by atoms with Crippen molar-refractivity contribution in [2.45, 2.75) is 25.3 Å². The molecule has 0 saturated carbocycles. The van der Waals surface area contributed by atoms with E-state index in [1.54, 1.807) is 0 Å². The molecule has 2 aromatic carbocycles. The smallest absolute Gasteiger partial charge is 0.238 e. The van der Waals surface area contributed by atoms with Crippen molar-refractivity contribution in [3.05, 3.63) is 59.2 Å². The Morgan fingerprint density at radius 1 is 1.24 bits per heavy atom. The Kier molecular flexibility index (Phi) is 7.05. The van der Waals surface area contributed by atoms with Crippen molar-refractivity contribution in [2.24, 2.45) is 0 Å². The Balaban J connectivity index is 1.95. The van der Waals surface area contributed by atoms with E-state index in [1.165, 1.54) is 28.5 Å². The Morgan fingerprint density at radius 3 is 2.72 bits per heavy atom. The van der Waals surface area contributed by atoms with E-state index in [9.17, 15) is 4.79 Å². The number of anilines is 1. The van der Waals surface area contributed by atoms with Crippen molar-refractivity contribution in [1.82, 2.24) is 4.90 Å². The minimum atomic E-state index is -0.0581. The third-order valence-corrected chi connectivity index (χ3v) is 4.75. The van der Waals surface area contributed by atoms with Gasteiger partial charge < -0.3 is 5.32 Å². The first-order valence-electron chi connectivity index (χ1n) is 8.13. The van der Waals surface area contributed by atoms with Crippen molar-refractivity contribution in [1.29, 1.82) is 5.26 Å². The summed E-state index contributed by atoms with van der Waals surface area (Å²) in [6.07, 6.45) is 0. The third kappa shape index (κ3) is 5.93. The molecule has 2 rings (SSSR count). The maximum absolute atomic E-state index is 12.4. The van der Waals surface area contributed by atoms with Gasteiger partial charge in [0.2, 0.25) is 5.91 Å². The van der Waals surface area contributed by atoms with Gasteiger partial charge >= 0.3 is 0 Å². The van der Waals surface area contributed by atoms with Crippen LogP contribution in [-0.2, 0) is 11.3 Å². The van der Waals surface area contributed by atoms with Crippen LogP contribution >= 0.6 is 11.8 Å². The van der Waals surface area contributed by atoms with Crippen LogP contribution in [0, 0.1) is 25.2 Å². The van der Waals surface area contributed by atoms with Crippen LogP contribution in [0.4, 0.5) is 5.69 Å². The molecular weight excluding hydrogens is 330 g/mol. The second kappa shape index (κ2) is 9.26. The lowest BCUT2D eigenvalue weighted by atomic mass is 10.1. The molecule has 0 aliphatic rings. The van der Waals surface area contributed by atoms with Gasteiger partial charge in [-0.15, -0.1) is 11.8 Å². The second-order valence-corrected chi connectivity index (χ2v) is 7.11. The van der Waals surface area contributed by atoms with Crippen LogP contribution in [0.1, 0.15) is 16.7 Å². The average Bonchev–Trinajstić information content (AvgIpc) is 2.56. The lowest BCUT2D eigenvalue weighted by Gasteiger charge is -2.18. The molecule has 0 heterocycles. The van der Waals surface area contributed by atoms with E-state index in [-0.39, 0.29) is 5.91 Å². The van der Waals surface area contributed by atoms with E-state index in [4.69, 9.17) is 5.26 Å². The highest BCUT2D eigenvalue weighted by atomic mass is 32.2. The quantitative estimate of drug-likeness (QED) is 0.765. The van der Waals surface area contributed by atoms with Gasteiger partial charge in [0.1, 0.15) is 0 Å². The predicted molar refractivity (Wildman–Crippen MR) is 104 cm³/mol. The standard InChI is InChI=1S/C20H23N3OS/c1-15-8-9-17(16(2)12-15)13-23(3)14-20(24)22-18-6-4-5-7-19(18)25-11-10-21/h4-9,12H,11,13-14H2,1-3H3,(H,22,24). The topological polar surface area (TPSA) is 56.1 Å². The molecule has 0 saturated heterocycles. The van der Waals surface area contributed by atoms with Crippen LogP contribution in [0.2, 0.25) is 0 Å². The lowest BCUT2D eigenvalue weighted by molar-refractivity contribution is -0.117. The first-order chi connectivity index (χ1) is 12.0. The Hall–Kier alpha value is -2.29. The van der Waals surface area contributed by atoms with E-state index < -0.39 is 0 Å². The molecular formula is C20H23N3OS. The first-order valence-corrected chi connectivity index (χ1v) is 9.11. The summed E-state index contributed by atoms with van der Waals surface area (Å²) in [5.74, 6) is 0.303. The molecule has 130 valence electrons. The fourth-order valence-electron chi connectivity index (χ4n) is 2.61. The molecule has 0 aliphatic carbocycles. The van der Waals surface area contributed by atoms with E-state index in [0.717, 1.165) is 17.1 Å². The Morgan fingerprint density at radius 2 is 2.00 bits per heavy atom. The van der Waals surface area contributed by atoms with Crippen molar-refractivity contribution in [2.75, 3.05) is 24.7 Å². The molecule has 25 heavy (non-hydrogen) atoms. The number of nitriles is 1. The number of hydrogen-bond acceptors (Lipinski definition) is 4. The molecule has 1 amide bonds. The van der Waals surface area contributed by atoms with Crippen molar-refractivity contribution in [3.8, 4) is 6.07 Å². The van der Waals surface area contributed by atoms with Gasteiger partial charge in [-0.05, 0) is 44.2 Å². The Labute approximate surface area is 153 Å². The van der Waals surface area contributed by atoms with E-state index in [1.807, 2.05) is 36.2 Å². The molecule has 0 aromatic heterocycles. The summed E-state index contributed by atoms with van der Waals surface area (Å²) in [6, 6.07) is 16.0. The lowest BCUT2D eigenvalue weighted by Crippen LogP contribution is -2.30. The zero-order valence-electron chi connectivity index (χ0n) is 14.9. The van der Waals surface area contributed by atoms with E-state index >= 15 is 0 Å². The maximum Gasteiger partial charge on any atom is 0.238 e. The van der Waals surface area contributed by atoms with Crippen LogP contribution in [-0.4, -0.2) is 30.2 Å². The first kappa shape index (κ1) is 19.0. The molecule has 5 heteroatoms. The van der Waals surface area contributed by atoms with Crippen LogP contribution < -0.4 is 5.32 Å². The summed E-state index contributed by atoms with van der Waals surface area (Å²) in [7, 11) is 1.94. The van der Waals surface area contributed by atoms with Gasteiger partial charge in [0, 0.05) is 11.4 Å². The van der Waals surface area contributed by atoms with Gasteiger partial charge in [-0.25, -0.2) is 0 Å². The molecule has 0 radical (unpaired) electrons. The highest BCUT2D eigenvalue weighted by Crippen LogP contribution is 2.26. The number of amides is 1. The SMILES string of the molecule is Cc1ccc(CN(C)CC(=O)Nc2ccccc2SCC#N)c(C)c1. The number of carbonyl (C=O) groups excluding carboxylic acids is 1. The molecule has 1 N–H and O–H groups in total. The number of nitrogens with one attached hydrogen (secondary N) is 1. The van der Waals surface area contributed by atoms with Crippen molar-refractivity contribution in [3.63, 3.8) is 0 Å². The van der Waals surface area contributed by atoms with Crippen molar-refractivity contribution < 1.29 is 4.79 Å². The highest BCUT2D eigenvalue weighted by Gasteiger charge is 2.11. The van der Waals surface area contributed by atoms with E-state index in [2.05, 4.69) is 43.4 Å². The second-order valence-electron chi connectivity index (χ2n) is 6.09. The largest absolute Gasteiger partial charge is 0.324 e. The summed E-state index contributed by atoms with van der Waals surface area (Å²) in [4.78, 5) is 15.3. The summed E-state index contributed by atoms with van der Waals surface area (Å²) in [6.45, 7) is 5.21. The van der Waals surface area contributed by atoms with Gasteiger partial charge in [-0.2, -0.15) is 5.26 Å². The minimum Gasteiger partial charge on any atom is -0.324 e.